The number of anilines is 1. The first kappa shape index (κ1) is 16.6. The third-order valence-corrected chi connectivity index (χ3v) is 2.61. The Morgan fingerprint density at radius 1 is 1.00 bits per heavy atom. The van der Waals surface area contributed by atoms with Gasteiger partial charge in [-0.25, -0.2) is 0 Å². The fourth-order valence-corrected chi connectivity index (χ4v) is 1.61. The molecule has 5 N–H and O–H groups in total. The Balaban J connectivity index is 2.45. The molecule has 0 radical (unpaired) electrons. The van der Waals surface area contributed by atoms with Gasteiger partial charge < -0.3 is 21.7 Å². The molecule has 0 fully saturated rings. The SMILES string of the molecule is CCNC(=O)Cc1ccc(NC(=O)CNC(=O)CN)cc1. The van der Waals surface area contributed by atoms with Crippen molar-refractivity contribution < 1.29 is 14.4 Å². The van der Waals surface area contributed by atoms with Gasteiger partial charge in [0.2, 0.25) is 17.7 Å². The third kappa shape index (κ3) is 6.53. The van der Waals surface area contributed by atoms with Gasteiger partial charge in [0.1, 0.15) is 0 Å². The van der Waals surface area contributed by atoms with E-state index >= 15 is 0 Å². The number of nitrogens with two attached hydrogens (primary N) is 1. The molecule has 0 spiro atoms. The summed E-state index contributed by atoms with van der Waals surface area (Å²) in [6.45, 7) is 2.18. The van der Waals surface area contributed by atoms with Gasteiger partial charge in [-0.1, -0.05) is 12.1 Å². The van der Waals surface area contributed by atoms with Crippen LogP contribution in [0.15, 0.2) is 24.3 Å². The minimum atomic E-state index is -0.387. The van der Waals surface area contributed by atoms with Gasteiger partial charge in [-0.15, -0.1) is 0 Å². The lowest BCUT2D eigenvalue weighted by atomic mass is 10.1. The molecule has 7 heteroatoms. The van der Waals surface area contributed by atoms with Crippen molar-refractivity contribution in [1.82, 2.24) is 10.6 Å². The number of nitrogens with one attached hydrogen (secondary N) is 3. The van der Waals surface area contributed by atoms with Crippen molar-refractivity contribution in [2.45, 2.75) is 13.3 Å². The zero-order valence-corrected chi connectivity index (χ0v) is 11.9. The highest BCUT2D eigenvalue weighted by molar-refractivity contribution is 5.94. The molecule has 0 aromatic heterocycles. The van der Waals surface area contributed by atoms with E-state index in [2.05, 4.69) is 16.0 Å². The monoisotopic (exact) mass is 292 g/mol. The summed E-state index contributed by atoms with van der Waals surface area (Å²) in [6.07, 6.45) is 0.300. The number of hydrogen-bond acceptors (Lipinski definition) is 4. The van der Waals surface area contributed by atoms with Crippen molar-refractivity contribution in [3.8, 4) is 0 Å². The zero-order valence-electron chi connectivity index (χ0n) is 11.9. The Kier molecular flexibility index (Phi) is 6.90. The van der Waals surface area contributed by atoms with Gasteiger partial charge in [-0.2, -0.15) is 0 Å². The molecule has 1 aromatic rings. The van der Waals surface area contributed by atoms with Crippen molar-refractivity contribution in [2.24, 2.45) is 5.73 Å². The summed E-state index contributed by atoms with van der Waals surface area (Å²) >= 11 is 0. The number of benzene rings is 1. The van der Waals surface area contributed by atoms with Crippen LogP contribution in [0.2, 0.25) is 0 Å². The molecular weight excluding hydrogens is 272 g/mol. The van der Waals surface area contributed by atoms with Crippen LogP contribution in [0.1, 0.15) is 12.5 Å². The van der Waals surface area contributed by atoms with Crippen LogP contribution in [0.4, 0.5) is 5.69 Å². The molecule has 3 amide bonds. The highest BCUT2D eigenvalue weighted by atomic mass is 16.2. The van der Waals surface area contributed by atoms with E-state index < -0.39 is 0 Å². The van der Waals surface area contributed by atoms with Crippen molar-refractivity contribution in [1.29, 1.82) is 0 Å². The normalized spacial score (nSPS) is 9.81. The average Bonchev–Trinajstić information content (AvgIpc) is 2.47. The summed E-state index contributed by atoms with van der Waals surface area (Å²) in [5.74, 6) is -0.769. The van der Waals surface area contributed by atoms with E-state index in [-0.39, 0.29) is 30.8 Å². The van der Waals surface area contributed by atoms with E-state index in [1.807, 2.05) is 6.92 Å². The molecule has 21 heavy (non-hydrogen) atoms. The summed E-state index contributed by atoms with van der Waals surface area (Å²) in [6, 6.07) is 6.95. The van der Waals surface area contributed by atoms with E-state index in [4.69, 9.17) is 5.73 Å². The second-order valence-corrected chi connectivity index (χ2v) is 4.36. The first-order valence-electron chi connectivity index (χ1n) is 6.67. The summed E-state index contributed by atoms with van der Waals surface area (Å²) in [7, 11) is 0. The lowest BCUT2D eigenvalue weighted by molar-refractivity contribution is -0.123. The molecule has 0 saturated heterocycles. The molecule has 0 bridgehead atoms. The van der Waals surface area contributed by atoms with Crippen LogP contribution in [0, 0.1) is 0 Å². The van der Waals surface area contributed by atoms with E-state index in [1.165, 1.54) is 0 Å². The van der Waals surface area contributed by atoms with Gasteiger partial charge in [-0.05, 0) is 24.6 Å². The van der Waals surface area contributed by atoms with Crippen LogP contribution >= 0.6 is 0 Å². The maximum Gasteiger partial charge on any atom is 0.243 e. The number of carbonyl (C=O) groups is 3. The van der Waals surface area contributed by atoms with Gasteiger partial charge in [0, 0.05) is 12.2 Å². The molecule has 0 unspecified atom stereocenters. The maximum absolute atomic E-state index is 11.5. The maximum atomic E-state index is 11.5. The van der Waals surface area contributed by atoms with Crippen molar-refractivity contribution >= 4 is 23.4 Å². The van der Waals surface area contributed by atoms with Gasteiger partial charge >= 0.3 is 0 Å². The topological polar surface area (TPSA) is 113 Å². The summed E-state index contributed by atoms with van der Waals surface area (Å²) < 4.78 is 0. The predicted octanol–water partition coefficient (Wildman–Crippen LogP) is -0.621. The van der Waals surface area contributed by atoms with Crippen LogP contribution in [0.3, 0.4) is 0 Å². The Morgan fingerprint density at radius 3 is 2.24 bits per heavy atom. The first-order valence-corrected chi connectivity index (χ1v) is 6.67. The molecule has 0 aliphatic carbocycles. The fraction of sp³-hybridized carbons (Fsp3) is 0.357. The number of hydrogen-bond donors (Lipinski definition) is 4. The van der Waals surface area contributed by atoms with Gasteiger partial charge in [0.15, 0.2) is 0 Å². The molecular formula is C14H20N4O3. The molecule has 7 nitrogen and oxygen atoms in total. The van der Waals surface area contributed by atoms with Crippen LogP contribution in [0.25, 0.3) is 0 Å². The second kappa shape index (κ2) is 8.70. The van der Waals surface area contributed by atoms with E-state index in [0.29, 0.717) is 18.7 Å². The smallest absolute Gasteiger partial charge is 0.243 e. The quantitative estimate of drug-likeness (QED) is 0.536. The lowest BCUT2D eigenvalue weighted by Crippen LogP contribution is -2.36. The molecule has 114 valence electrons. The van der Waals surface area contributed by atoms with Crippen molar-refractivity contribution in [3.05, 3.63) is 29.8 Å². The van der Waals surface area contributed by atoms with Crippen molar-refractivity contribution in [3.63, 3.8) is 0 Å². The standard InChI is InChI=1S/C14H20N4O3/c1-2-16-12(19)7-10-3-5-11(6-4-10)18-14(21)9-17-13(20)8-15/h3-6H,2,7-9,15H2,1H3,(H,16,19)(H,17,20)(H,18,21). The number of carbonyl (C=O) groups excluding carboxylic acids is 3. The van der Waals surface area contributed by atoms with Crippen LogP contribution in [0.5, 0.6) is 0 Å². The highest BCUT2D eigenvalue weighted by Crippen LogP contribution is 2.09. The number of rotatable bonds is 7. The van der Waals surface area contributed by atoms with E-state index in [9.17, 15) is 14.4 Å². The molecule has 0 aliphatic rings. The Morgan fingerprint density at radius 2 is 1.67 bits per heavy atom. The molecule has 1 rings (SSSR count). The molecule has 1 aromatic carbocycles. The molecule has 0 aliphatic heterocycles. The average molecular weight is 292 g/mol. The molecule has 0 saturated carbocycles. The van der Waals surface area contributed by atoms with Gasteiger partial charge in [0.05, 0.1) is 19.5 Å². The number of likely N-dealkylation sites (N-methyl/N-ethyl adjacent to an activating group) is 1. The zero-order chi connectivity index (χ0) is 15.7. The molecule has 0 heterocycles. The van der Waals surface area contributed by atoms with Crippen LogP contribution in [-0.4, -0.2) is 37.4 Å². The largest absolute Gasteiger partial charge is 0.356 e. The Hall–Kier alpha value is -2.41. The lowest BCUT2D eigenvalue weighted by Gasteiger charge is -2.07. The summed E-state index contributed by atoms with van der Waals surface area (Å²) in [4.78, 5) is 33.9. The summed E-state index contributed by atoms with van der Waals surface area (Å²) in [5, 5.41) is 7.72. The van der Waals surface area contributed by atoms with Gasteiger partial charge in [0.25, 0.3) is 0 Å². The van der Waals surface area contributed by atoms with Crippen molar-refractivity contribution in [2.75, 3.05) is 25.0 Å². The highest BCUT2D eigenvalue weighted by Gasteiger charge is 2.05. The predicted molar refractivity (Wildman–Crippen MR) is 79.5 cm³/mol. The summed E-state index contributed by atoms with van der Waals surface area (Å²) in [5.41, 5.74) is 6.57. The third-order valence-electron chi connectivity index (χ3n) is 2.61. The minimum Gasteiger partial charge on any atom is -0.356 e. The number of amides is 3. The van der Waals surface area contributed by atoms with E-state index in [0.717, 1.165) is 5.56 Å². The Bertz CT molecular complexity index is 499. The minimum absolute atomic E-state index is 0.0428. The molecule has 0 atom stereocenters. The fourth-order valence-electron chi connectivity index (χ4n) is 1.61. The first-order chi connectivity index (χ1) is 10.0. The van der Waals surface area contributed by atoms with Gasteiger partial charge in [-0.3, -0.25) is 14.4 Å². The second-order valence-electron chi connectivity index (χ2n) is 4.36. The van der Waals surface area contributed by atoms with Crippen LogP contribution < -0.4 is 21.7 Å². The van der Waals surface area contributed by atoms with Crippen LogP contribution in [-0.2, 0) is 20.8 Å². The van der Waals surface area contributed by atoms with E-state index in [1.54, 1.807) is 24.3 Å². The Labute approximate surface area is 123 Å².